The number of likely N-dealkylation sites (tertiary alicyclic amines) is 1. The number of piperazine rings is 1. The van der Waals surface area contributed by atoms with Crippen molar-refractivity contribution in [3.63, 3.8) is 0 Å². The van der Waals surface area contributed by atoms with Gasteiger partial charge in [-0.1, -0.05) is 13.8 Å². The maximum Gasteiger partial charge on any atom is 0.225 e. The number of hydrogen-bond acceptors (Lipinski definition) is 2. The summed E-state index contributed by atoms with van der Waals surface area (Å²) in [6.07, 6.45) is 2.40. The van der Waals surface area contributed by atoms with Crippen molar-refractivity contribution < 1.29 is 4.79 Å². The van der Waals surface area contributed by atoms with Crippen LogP contribution in [0.25, 0.3) is 0 Å². The Labute approximate surface area is 86.1 Å². The van der Waals surface area contributed by atoms with E-state index in [9.17, 15) is 4.79 Å². The van der Waals surface area contributed by atoms with Crippen LogP contribution < -0.4 is 0 Å². The Kier molecular flexibility index (Phi) is 2.52. The fourth-order valence-electron chi connectivity index (χ4n) is 2.77. The summed E-state index contributed by atoms with van der Waals surface area (Å²) in [5.74, 6) is 0.507. The number of carbonyl (C=O) groups is 1. The molecule has 2 bridgehead atoms. The zero-order valence-electron chi connectivity index (χ0n) is 9.36. The van der Waals surface area contributed by atoms with Crippen LogP contribution in [-0.4, -0.2) is 47.9 Å². The number of hydrogen-bond donors (Lipinski definition) is 0. The molecule has 0 aromatic heterocycles. The minimum Gasteiger partial charge on any atom is -0.334 e. The molecule has 0 aromatic carbocycles. The van der Waals surface area contributed by atoms with Crippen molar-refractivity contribution in [2.24, 2.45) is 5.92 Å². The lowest BCUT2D eigenvalue weighted by atomic mass is 10.1. The van der Waals surface area contributed by atoms with Crippen LogP contribution in [0.15, 0.2) is 0 Å². The van der Waals surface area contributed by atoms with E-state index in [1.807, 2.05) is 13.8 Å². The van der Waals surface area contributed by atoms with Gasteiger partial charge in [-0.3, -0.25) is 4.79 Å². The fourth-order valence-corrected chi connectivity index (χ4v) is 2.77. The lowest BCUT2D eigenvalue weighted by molar-refractivity contribution is -0.140. The summed E-state index contributed by atoms with van der Waals surface area (Å²) in [4.78, 5) is 16.5. The highest BCUT2D eigenvalue weighted by atomic mass is 16.2. The maximum absolute atomic E-state index is 12.0. The van der Waals surface area contributed by atoms with Crippen LogP contribution in [0, 0.1) is 5.92 Å². The molecule has 0 aliphatic carbocycles. The molecule has 2 aliphatic rings. The Bertz CT molecular complexity index is 225. The van der Waals surface area contributed by atoms with Crippen molar-refractivity contribution in [2.75, 3.05) is 20.1 Å². The number of fused-ring (bicyclic) bond motifs is 2. The average Bonchev–Trinajstić information content (AvgIpc) is 2.37. The molecule has 0 radical (unpaired) electrons. The van der Waals surface area contributed by atoms with E-state index in [-0.39, 0.29) is 5.92 Å². The number of amides is 1. The molecular weight excluding hydrogens is 176 g/mol. The Morgan fingerprint density at radius 2 is 1.71 bits per heavy atom. The van der Waals surface area contributed by atoms with Crippen LogP contribution >= 0.6 is 0 Å². The van der Waals surface area contributed by atoms with E-state index in [0.29, 0.717) is 18.0 Å². The summed E-state index contributed by atoms with van der Waals surface area (Å²) in [6, 6.07) is 0.988. The predicted molar refractivity (Wildman–Crippen MR) is 56.0 cm³/mol. The molecule has 3 nitrogen and oxygen atoms in total. The molecule has 14 heavy (non-hydrogen) atoms. The SMILES string of the molecule is CC(C)C(=O)N1C2CCC1CN(C)C2. The molecule has 1 amide bonds. The Balaban J connectivity index is 2.11. The molecule has 2 fully saturated rings. The van der Waals surface area contributed by atoms with Crippen molar-refractivity contribution in [3.05, 3.63) is 0 Å². The van der Waals surface area contributed by atoms with Gasteiger partial charge in [-0.2, -0.15) is 0 Å². The molecule has 0 spiro atoms. The van der Waals surface area contributed by atoms with E-state index in [1.54, 1.807) is 0 Å². The standard InChI is InChI=1S/C11H20N2O/c1-8(2)11(14)13-9-4-5-10(13)7-12(3)6-9/h8-10H,4-7H2,1-3H3. The molecule has 0 N–H and O–H groups in total. The molecule has 2 aliphatic heterocycles. The zero-order valence-corrected chi connectivity index (χ0v) is 9.36. The molecule has 0 aromatic rings. The second kappa shape index (κ2) is 3.54. The van der Waals surface area contributed by atoms with Crippen LogP contribution in [0.2, 0.25) is 0 Å². The summed E-state index contributed by atoms with van der Waals surface area (Å²) in [5.41, 5.74) is 0. The first-order valence-electron chi connectivity index (χ1n) is 5.60. The van der Waals surface area contributed by atoms with Gasteiger partial charge in [-0.05, 0) is 19.9 Å². The predicted octanol–water partition coefficient (Wildman–Crippen LogP) is 0.947. The van der Waals surface area contributed by atoms with E-state index in [1.165, 1.54) is 12.8 Å². The van der Waals surface area contributed by atoms with Crippen LogP contribution in [0.4, 0.5) is 0 Å². The van der Waals surface area contributed by atoms with Gasteiger partial charge >= 0.3 is 0 Å². The van der Waals surface area contributed by atoms with Crippen LogP contribution in [0.1, 0.15) is 26.7 Å². The normalized spacial score (nSPS) is 32.7. The lowest BCUT2D eigenvalue weighted by Crippen LogP contribution is -2.55. The van der Waals surface area contributed by atoms with E-state index >= 15 is 0 Å². The maximum atomic E-state index is 12.0. The molecule has 80 valence electrons. The summed E-state index contributed by atoms with van der Waals surface area (Å²) < 4.78 is 0. The number of carbonyl (C=O) groups excluding carboxylic acids is 1. The van der Waals surface area contributed by atoms with Crippen molar-refractivity contribution in [1.29, 1.82) is 0 Å². The van der Waals surface area contributed by atoms with Crippen LogP contribution in [0.3, 0.4) is 0 Å². The zero-order chi connectivity index (χ0) is 10.3. The quantitative estimate of drug-likeness (QED) is 0.623. The van der Waals surface area contributed by atoms with Gasteiger partial charge < -0.3 is 9.80 Å². The Hall–Kier alpha value is -0.570. The third-order valence-corrected chi connectivity index (χ3v) is 3.41. The molecule has 2 unspecified atom stereocenters. The van der Waals surface area contributed by atoms with Crippen LogP contribution in [0.5, 0.6) is 0 Å². The largest absolute Gasteiger partial charge is 0.334 e. The summed E-state index contributed by atoms with van der Waals surface area (Å²) in [5, 5.41) is 0. The molecule has 0 saturated carbocycles. The number of rotatable bonds is 1. The van der Waals surface area contributed by atoms with Gasteiger partial charge in [0.2, 0.25) is 5.91 Å². The van der Waals surface area contributed by atoms with E-state index in [2.05, 4.69) is 16.8 Å². The molecule has 2 saturated heterocycles. The Morgan fingerprint density at radius 3 is 2.14 bits per heavy atom. The molecule has 2 heterocycles. The highest BCUT2D eigenvalue weighted by Gasteiger charge is 2.41. The highest BCUT2D eigenvalue weighted by molar-refractivity contribution is 5.79. The Morgan fingerprint density at radius 1 is 1.21 bits per heavy atom. The van der Waals surface area contributed by atoms with Gasteiger partial charge in [-0.15, -0.1) is 0 Å². The van der Waals surface area contributed by atoms with Gasteiger partial charge in [0.05, 0.1) is 0 Å². The minimum atomic E-state index is 0.154. The van der Waals surface area contributed by atoms with E-state index in [0.717, 1.165) is 13.1 Å². The summed E-state index contributed by atoms with van der Waals surface area (Å²) in [7, 11) is 2.16. The topological polar surface area (TPSA) is 23.6 Å². The fraction of sp³-hybridized carbons (Fsp3) is 0.909. The third kappa shape index (κ3) is 1.54. The van der Waals surface area contributed by atoms with Crippen molar-refractivity contribution in [2.45, 2.75) is 38.8 Å². The van der Waals surface area contributed by atoms with Gasteiger partial charge in [0, 0.05) is 31.1 Å². The number of likely N-dealkylation sites (N-methyl/N-ethyl adjacent to an activating group) is 1. The first-order chi connectivity index (χ1) is 6.59. The first-order valence-corrected chi connectivity index (χ1v) is 5.60. The second-order valence-electron chi connectivity index (χ2n) is 5.01. The van der Waals surface area contributed by atoms with Crippen molar-refractivity contribution in [3.8, 4) is 0 Å². The second-order valence-corrected chi connectivity index (χ2v) is 5.01. The highest BCUT2D eigenvalue weighted by Crippen LogP contribution is 2.30. The number of nitrogens with zero attached hydrogens (tertiary/aromatic N) is 2. The smallest absolute Gasteiger partial charge is 0.225 e. The van der Waals surface area contributed by atoms with Crippen molar-refractivity contribution >= 4 is 5.91 Å². The van der Waals surface area contributed by atoms with E-state index in [4.69, 9.17) is 0 Å². The third-order valence-electron chi connectivity index (χ3n) is 3.41. The summed E-state index contributed by atoms with van der Waals surface area (Å²) in [6.45, 7) is 6.13. The van der Waals surface area contributed by atoms with Gasteiger partial charge in [0.1, 0.15) is 0 Å². The van der Waals surface area contributed by atoms with Gasteiger partial charge in [-0.25, -0.2) is 0 Å². The van der Waals surface area contributed by atoms with Crippen molar-refractivity contribution in [1.82, 2.24) is 9.80 Å². The molecular formula is C11H20N2O. The first kappa shape index (κ1) is 9.97. The van der Waals surface area contributed by atoms with Crippen LogP contribution in [-0.2, 0) is 4.79 Å². The molecule has 2 rings (SSSR count). The van der Waals surface area contributed by atoms with Gasteiger partial charge in [0.15, 0.2) is 0 Å². The molecule has 2 atom stereocenters. The van der Waals surface area contributed by atoms with Gasteiger partial charge in [0.25, 0.3) is 0 Å². The average molecular weight is 196 g/mol. The molecule has 3 heteroatoms. The monoisotopic (exact) mass is 196 g/mol. The summed E-state index contributed by atoms with van der Waals surface area (Å²) >= 11 is 0. The minimum absolute atomic E-state index is 0.154. The van der Waals surface area contributed by atoms with E-state index < -0.39 is 0 Å². The lowest BCUT2D eigenvalue weighted by Gasteiger charge is -2.40.